The highest BCUT2D eigenvalue weighted by Crippen LogP contribution is 2.24. The Bertz CT molecular complexity index is 1210. The number of aliphatic hydroxyl groups is 2. The summed E-state index contributed by atoms with van der Waals surface area (Å²) in [6.07, 6.45) is 1.41. The minimum Gasteiger partial charge on any atom is -0.465 e. The van der Waals surface area contributed by atoms with Crippen LogP contribution in [0.2, 0.25) is 5.02 Å². The average molecular weight is 462 g/mol. The van der Waals surface area contributed by atoms with Gasteiger partial charge in [-0.25, -0.2) is 9.78 Å². The van der Waals surface area contributed by atoms with Gasteiger partial charge in [-0.2, -0.15) is 4.98 Å². The smallest absolute Gasteiger partial charge is 0.337 e. The average Bonchev–Trinajstić information content (AvgIpc) is 2.78. The molecule has 3 aromatic rings. The zero-order chi connectivity index (χ0) is 23.3. The number of halogens is 1. The molecule has 3 rings (SSSR count). The lowest BCUT2D eigenvalue weighted by atomic mass is 10.1. The van der Waals surface area contributed by atoms with E-state index < -0.39 is 17.4 Å². The number of aromatic amines is 1. The van der Waals surface area contributed by atoms with Crippen molar-refractivity contribution in [2.45, 2.75) is 0 Å². The van der Waals surface area contributed by atoms with E-state index in [0.717, 1.165) is 0 Å². The van der Waals surface area contributed by atoms with E-state index in [4.69, 9.17) is 21.8 Å². The van der Waals surface area contributed by atoms with Gasteiger partial charge in [-0.15, -0.1) is 0 Å². The van der Waals surface area contributed by atoms with Crippen molar-refractivity contribution in [2.24, 2.45) is 0 Å². The zero-order valence-corrected chi connectivity index (χ0v) is 17.7. The molecule has 0 fully saturated rings. The maximum Gasteiger partial charge on any atom is 0.337 e. The normalized spacial score (nSPS) is 10.8. The molecule has 0 aliphatic rings. The van der Waals surface area contributed by atoms with Crippen molar-refractivity contribution in [3.8, 4) is 0 Å². The first-order valence-electron chi connectivity index (χ1n) is 9.44. The van der Waals surface area contributed by atoms with Crippen molar-refractivity contribution < 1.29 is 24.5 Å². The first-order chi connectivity index (χ1) is 15.4. The molecule has 1 amide bonds. The van der Waals surface area contributed by atoms with Gasteiger partial charge in [0.05, 0.1) is 36.6 Å². The number of nitrogens with zero attached hydrogens (tertiary/aromatic N) is 3. The summed E-state index contributed by atoms with van der Waals surface area (Å²) in [4.78, 5) is 49.5. The van der Waals surface area contributed by atoms with Gasteiger partial charge in [0.15, 0.2) is 0 Å². The predicted molar refractivity (Wildman–Crippen MR) is 117 cm³/mol. The fourth-order valence-corrected chi connectivity index (χ4v) is 3.08. The Labute approximate surface area is 186 Å². The van der Waals surface area contributed by atoms with Gasteiger partial charge in [-0.1, -0.05) is 11.6 Å². The van der Waals surface area contributed by atoms with E-state index in [1.807, 2.05) is 0 Å². The quantitative estimate of drug-likeness (QED) is 0.356. The summed E-state index contributed by atoms with van der Waals surface area (Å²) >= 11 is 6.10. The Balaban J connectivity index is 1.92. The number of H-pyrrole nitrogens is 1. The summed E-state index contributed by atoms with van der Waals surface area (Å²) < 4.78 is 4.65. The fourth-order valence-electron chi connectivity index (χ4n) is 2.91. The number of amides is 1. The van der Waals surface area contributed by atoms with Crippen LogP contribution in [0.3, 0.4) is 0 Å². The molecular weight excluding hydrogens is 442 g/mol. The van der Waals surface area contributed by atoms with E-state index in [2.05, 4.69) is 25.0 Å². The van der Waals surface area contributed by atoms with Crippen LogP contribution in [0.4, 0.5) is 11.6 Å². The molecule has 168 valence electrons. The molecule has 0 radical (unpaired) electrons. The van der Waals surface area contributed by atoms with Gasteiger partial charge in [0, 0.05) is 24.7 Å². The lowest BCUT2D eigenvalue weighted by Crippen LogP contribution is -2.31. The molecule has 0 saturated heterocycles. The molecule has 0 bridgehead atoms. The second kappa shape index (κ2) is 10.2. The number of benzene rings is 1. The summed E-state index contributed by atoms with van der Waals surface area (Å²) in [5.74, 6) is -1.15. The van der Waals surface area contributed by atoms with Crippen molar-refractivity contribution in [1.82, 2.24) is 15.0 Å². The molecule has 2 heterocycles. The van der Waals surface area contributed by atoms with Crippen LogP contribution < -0.4 is 15.8 Å². The second-order valence-corrected chi connectivity index (χ2v) is 6.97. The van der Waals surface area contributed by atoms with Gasteiger partial charge in [-0.3, -0.25) is 9.59 Å². The Kier molecular flexibility index (Phi) is 7.36. The summed E-state index contributed by atoms with van der Waals surface area (Å²) in [5, 5.41) is 21.4. The van der Waals surface area contributed by atoms with E-state index in [0.29, 0.717) is 5.39 Å². The summed E-state index contributed by atoms with van der Waals surface area (Å²) in [5.41, 5.74) is -0.417. The Morgan fingerprint density at radius 1 is 1.22 bits per heavy atom. The van der Waals surface area contributed by atoms with Crippen molar-refractivity contribution in [3.63, 3.8) is 0 Å². The minimum atomic E-state index is -0.747. The minimum absolute atomic E-state index is 0.134. The lowest BCUT2D eigenvalue weighted by Gasteiger charge is -2.20. The highest BCUT2D eigenvalue weighted by molar-refractivity contribution is 6.34. The van der Waals surface area contributed by atoms with Gasteiger partial charge >= 0.3 is 5.97 Å². The molecule has 0 aliphatic heterocycles. The monoisotopic (exact) mass is 461 g/mol. The highest BCUT2D eigenvalue weighted by atomic mass is 35.5. The van der Waals surface area contributed by atoms with Crippen LogP contribution in [-0.4, -0.2) is 70.5 Å². The number of nitrogens with one attached hydrogen (secondary N) is 2. The molecule has 1 aromatic carbocycles. The number of anilines is 2. The number of rotatable bonds is 8. The maximum absolute atomic E-state index is 12.7. The molecule has 0 unspecified atom stereocenters. The van der Waals surface area contributed by atoms with Crippen molar-refractivity contribution in [1.29, 1.82) is 0 Å². The number of pyridine rings is 1. The summed E-state index contributed by atoms with van der Waals surface area (Å²) in [6, 6.07) is 5.54. The number of aromatic nitrogens is 3. The lowest BCUT2D eigenvalue weighted by molar-refractivity contribution is 0.0600. The number of carbonyl (C=O) groups is 2. The van der Waals surface area contributed by atoms with Crippen molar-refractivity contribution in [3.05, 3.63) is 57.0 Å². The van der Waals surface area contributed by atoms with Crippen molar-refractivity contribution >= 4 is 46.1 Å². The maximum atomic E-state index is 12.7. The number of ether oxygens (including phenoxy) is 1. The topological polar surface area (TPSA) is 158 Å². The van der Waals surface area contributed by atoms with Gasteiger partial charge in [-0.05, 0) is 24.3 Å². The SMILES string of the molecule is COC(=O)c1ccc(Cl)c(NC(=O)c2cc3cnc(N(CCO)CCO)nc3[nH]c2=O)c1. The first kappa shape index (κ1) is 23.1. The zero-order valence-electron chi connectivity index (χ0n) is 17.0. The summed E-state index contributed by atoms with van der Waals surface area (Å²) in [7, 11) is 1.23. The molecule has 2 aromatic heterocycles. The summed E-state index contributed by atoms with van der Waals surface area (Å²) in [6.45, 7) is 0.0535. The number of hydrogen-bond donors (Lipinski definition) is 4. The van der Waals surface area contributed by atoms with Crippen LogP contribution in [0.1, 0.15) is 20.7 Å². The third kappa shape index (κ3) is 5.02. The van der Waals surface area contributed by atoms with E-state index in [9.17, 15) is 14.4 Å². The van der Waals surface area contributed by atoms with Crippen LogP contribution in [0.15, 0.2) is 35.3 Å². The Morgan fingerprint density at radius 3 is 2.59 bits per heavy atom. The van der Waals surface area contributed by atoms with E-state index in [1.54, 1.807) is 4.90 Å². The first-order valence-corrected chi connectivity index (χ1v) is 9.81. The van der Waals surface area contributed by atoms with Gasteiger partial charge in [0.2, 0.25) is 5.95 Å². The predicted octanol–water partition coefficient (Wildman–Crippen LogP) is 0.801. The number of methoxy groups -OCH3 is 1. The van der Waals surface area contributed by atoms with Crippen LogP contribution >= 0.6 is 11.6 Å². The van der Waals surface area contributed by atoms with Crippen molar-refractivity contribution in [2.75, 3.05) is 43.6 Å². The molecule has 32 heavy (non-hydrogen) atoms. The number of aliphatic hydroxyl groups excluding tert-OH is 2. The van der Waals surface area contributed by atoms with E-state index in [-0.39, 0.29) is 59.7 Å². The second-order valence-electron chi connectivity index (χ2n) is 6.56. The number of hydrogen-bond acceptors (Lipinski definition) is 9. The number of carbonyl (C=O) groups excluding carboxylic acids is 2. The molecule has 12 heteroatoms. The Morgan fingerprint density at radius 2 is 1.94 bits per heavy atom. The van der Waals surface area contributed by atoms with Crippen LogP contribution in [0.5, 0.6) is 0 Å². The largest absolute Gasteiger partial charge is 0.465 e. The molecule has 0 aliphatic carbocycles. The molecule has 11 nitrogen and oxygen atoms in total. The Hall–Kier alpha value is -3.54. The van der Waals surface area contributed by atoms with Crippen LogP contribution in [-0.2, 0) is 4.74 Å². The van der Waals surface area contributed by atoms with E-state index in [1.165, 1.54) is 37.6 Å². The molecule has 0 atom stereocenters. The van der Waals surface area contributed by atoms with Gasteiger partial charge in [0.1, 0.15) is 11.2 Å². The third-order valence-corrected chi connectivity index (χ3v) is 4.81. The fraction of sp³-hybridized carbons (Fsp3) is 0.250. The molecule has 0 saturated carbocycles. The highest BCUT2D eigenvalue weighted by Gasteiger charge is 2.17. The molecule has 0 spiro atoms. The third-order valence-electron chi connectivity index (χ3n) is 4.48. The number of esters is 1. The molecule has 4 N–H and O–H groups in total. The van der Waals surface area contributed by atoms with Crippen LogP contribution in [0, 0.1) is 0 Å². The van der Waals surface area contributed by atoms with Crippen LogP contribution in [0.25, 0.3) is 11.0 Å². The van der Waals surface area contributed by atoms with Gasteiger partial charge < -0.3 is 30.2 Å². The standard InChI is InChI=1S/C20H20ClN5O6/c1-32-19(31)11-2-3-14(21)15(9-11)23-17(29)13-8-12-10-22-20(25-16(12)24-18(13)30)26(4-6-27)5-7-28/h2-3,8-10,27-28H,4-7H2,1H3,(H,23,29)(H,22,24,25,30). The van der Waals surface area contributed by atoms with E-state index >= 15 is 0 Å². The van der Waals surface area contributed by atoms with Gasteiger partial charge in [0.25, 0.3) is 11.5 Å². The number of fused-ring (bicyclic) bond motifs is 1. The molecular formula is C20H20ClN5O6.